The zero-order valence-corrected chi connectivity index (χ0v) is 9.67. The summed E-state index contributed by atoms with van der Waals surface area (Å²) < 4.78 is 0. The van der Waals surface area contributed by atoms with Crippen molar-refractivity contribution in [3.05, 3.63) is 0 Å². The van der Waals surface area contributed by atoms with Crippen LogP contribution < -0.4 is 5.32 Å². The summed E-state index contributed by atoms with van der Waals surface area (Å²) in [5, 5.41) is 28.9. The summed E-state index contributed by atoms with van der Waals surface area (Å²) >= 11 is 0. The van der Waals surface area contributed by atoms with Gasteiger partial charge in [-0.3, -0.25) is 0 Å². The minimum absolute atomic E-state index is 0.115. The first-order chi connectivity index (χ1) is 7.97. The second-order valence-electron chi connectivity index (χ2n) is 4.25. The molecule has 98 valence electrons. The first-order valence-corrected chi connectivity index (χ1v) is 5.53. The number of carbonyl (C=O) groups excluding carboxylic acids is 1. The quantitative estimate of drug-likeness (QED) is 0.500. The van der Waals surface area contributed by atoms with Gasteiger partial charge in [0.1, 0.15) is 0 Å². The summed E-state index contributed by atoms with van der Waals surface area (Å²) in [5.74, 6) is -1.16. The third-order valence-corrected chi connectivity index (χ3v) is 3.06. The van der Waals surface area contributed by atoms with Gasteiger partial charge in [0.05, 0.1) is 19.2 Å². The molecule has 0 bridgehead atoms. The van der Waals surface area contributed by atoms with Gasteiger partial charge >= 0.3 is 12.0 Å². The third-order valence-electron chi connectivity index (χ3n) is 3.06. The van der Waals surface area contributed by atoms with E-state index in [9.17, 15) is 9.59 Å². The van der Waals surface area contributed by atoms with Crippen LogP contribution in [0.15, 0.2) is 0 Å². The number of likely N-dealkylation sites (tertiary alicyclic amines) is 1. The summed E-state index contributed by atoms with van der Waals surface area (Å²) in [6.45, 7) is 2.02. The molecule has 0 aromatic heterocycles. The first kappa shape index (κ1) is 13.7. The molecule has 1 aliphatic heterocycles. The van der Waals surface area contributed by atoms with Crippen LogP contribution in [0.1, 0.15) is 13.3 Å². The number of carboxylic acid groups (broad SMARTS) is 1. The zero-order chi connectivity index (χ0) is 13.0. The molecule has 1 rings (SSSR count). The van der Waals surface area contributed by atoms with Crippen LogP contribution in [0, 0.1) is 5.92 Å². The Balaban J connectivity index is 2.45. The minimum atomic E-state index is -1.61. The van der Waals surface area contributed by atoms with Crippen LogP contribution in [0.25, 0.3) is 0 Å². The van der Waals surface area contributed by atoms with Gasteiger partial charge in [-0.25, -0.2) is 9.59 Å². The second-order valence-corrected chi connectivity index (χ2v) is 4.25. The number of carbonyl (C=O) groups is 2. The Morgan fingerprint density at radius 3 is 2.71 bits per heavy atom. The lowest BCUT2D eigenvalue weighted by atomic mass is 10.0. The number of aliphatic hydroxyl groups excluding tert-OH is 2. The van der Waals surface area contributed by atoms with Crippen molar-refractivity contribution < 1.29 is 24.9 Å². The van der Waals surface area contributed by atoms with E-state index >= 15 is 0 Å². The lowest BCUT2D eigenvalue weighted by Crippen LogP contribution is -2.48. The lowest BCUT2D eigenvalue weighted by Gasteiger charge is -2.25. The number of hydrogen-bond donors (Lipinski definition) is 4. The topological polar surface area (TPSA) is 110 Å². The predicted molar refractivity (Wildman–Crippen MR) is 58.4 cm³/mol. The van der Waals surface area contributed by atoms with Crippen LogP contribution in [0.5, 0.6) is 0 Å². The van der Waals surface area contributed by atoms with Crippen molar-refractivity contribution in [2.45, 2.75) is 25.5 Å². The molecule has 4 N–H and O–H groups in total. The van der Waals surface area contributed by atoms with E-state index < -0.39 is 18.1 Å². The molecule has 2 amide bonds. The van der Waals surface area contributed by atoms with E-state index in [0.717, 1.165) is 6.42 Å². The number of hydrogen-bond acceptors (Lipinski definition) is 4. The monoisotopic (exact) mass is 246 g/mol. The molecule has 17 heavy (non-hydrogen) atoms. The van der Waals surface area contributed by atoms with Gasteiger partial charge in [0.25, 0.3) is 0 Å². The molecule has 7 heteroatoms. The van der Waals surface area contributed by atoms with Gasteiger partial charge < -0.3 is 25.5 Å². The molecule has 2 unspecified atom stereocenters. The van der Waals surface area contributed by atoms with Crippen molar-refractivity contribution in [1.82, 2.24) is 10.2 Å². The van der Waals surface area contributed by atoms with Crippen molar-refractivity contribution >= 4 is 12.0 Å². The van der Waals surface area contributed by atoms with E-state index in [1.165, 1.54) is 4.90 Å². The van der Waals surface area contributed by atoms with Crippen molar-refractivity contribution in [2.75, 3.05) is 19.7 Å². The predicted octanol–water partition coefficient (Wildman–Crippen LogP) is -1.16. The fraction of sp³-hybridized carbons (Fsp3) is 0.800. The largest absolute Gasteiger partial charge is 0.479 e. The van der Waals surface area contributed by atoms with E-state index in [1.807, 2.05) is 6.92 Å². The summed E-state index contributed by atoms with van der Waals surface area (Å²) in [7, 11) is 0. The van der Waals surface area contributed by atoms with Crippen molar-refractivity contribution in [3.8, 4) is 0 Å². The van der Waals surface area contributed by atoms with Crippen LogP contribution in [0.3, 0.4) is 0 Å². The average molecular weight is 246 g/mol. The highest BCUT2D eigenvalue weighted by molar-refractivity contribution is 5.77. The maximum atomic E-state index is 11.7. The van der Waals surface area contributed by atoms with E-state index in [0.29, 0.717) is 6.54 Å². The lowest BCUT2D eigenvalue weighted by molar-refractivity contribution is -0.146. The molecule has 1 heterocycles. The molecule has 0 spiro atoms. The molecule has 0 aromatic carbocycles. The highest BCUT2D eigenvalue weighted by Crippen LogP contribution is 2.23. The molecule has 0 aromatic rings. The number of amides is 2. The Morgan fingerprint density at radius 1 is 1.53 bits per heavy atom. The summed E-state index contributed by atoms with van der Waals surface area (Å²) in [4.78, 5) is 23.5. The average Bonchev–Trinajstić information content (AvgIpc) is 2.66. The summed E-state index contributed by atoms with van der Waals surface area (Å²) in [6, 6.07) is -0.689. The fourth-order valence-electron chi connectivity index (χ4n) is 1.91. The molecule has 0 saturated carbocycles. The van der Waals surface area contributed by atoms with Gasteiger partial charge in [-0.15, -0.1) is 0 Å². The Morgan fingerprint density at radius 2 is 2.18 bits per heavy atom. The zero-order valence-electron chi connectivity index (χ0n) is 9.67. The molecule has 3 atom stereocenters. The number of carboxylic acids is 1. The molecular weight excluding hydrogens is 228 g/mol. The maximum absolute atomic E-state index is 11.7. The number of rotatable bonds is 4. The van der Waals surface area contributed by atoms with E-state index in [2.05, 4.69) is 5.32 Å². The number of aliphatic carboxylic acids is 1. The third kappa shape index (κ3) is 3.31. The molecule has 0 radical (unpaired) electrons. The standard InChI is InChI=1S/C10H18N2O5/c1-6-2-3-12(7(6)5-13)10(17)11-4-8(14)9(15)16/h6-8,13-14H,2-5H2,1H3,(H,11,17)(H,15,16)/t6?,7?,8-/m0/s1. The van der Waals surface area contributed by atoms with Gasteiger partial charge in [0, 0.05) is 6.54 Å². The van der Waals surface area contributed by atoms with Gasteiger partial charge in [-0.05, 0) is 12.3 Å². The van der Waals surface area contributed by atoms with E-state index in [4.69, 9.17) is 15.3 Å². The van der Waals surface area contributed by atoms with Gasteiger partial charge in [-0.1, -0.05) is 6.92 Å². The van der Waals surface area contributed by atoms with Crippen LogP contribution in [-0.2, 0) is 4.79 Å². The van der Waals surface area contributed by atoms with Gasteiger partial charge in [-0.2, -0.15) is 0 Å². The molecule has 7 nitrogen and oxygen atoms in total. The number of aliphatic hydroxyl groups is 2. The maximum Gasteiger partial charge on any atom is 0.334 e. The Bertz CT molecular complexity index is 296. The van der Waals surface area contributed by atoms with Gasteiger partial charge in [0.15, 0.2) is 6.10 Å². The summed E-state index contributed by atoms with van der Waals surface area (Å²) in [5.41, 5.74) is 0. The molecule has 1 saturated heterocycles. The summed E-state index contributed by atoms with van der Waals surface area (Å²) in [6.07, 6.45) is -0.799. The molecule has 0 aliphatic carbocycles. The van der Waals surface area contributed by atoms with Crippen molar-refractivity contribution in [3.63, 3.8) is 0 Å². The van der Waals surface area contributed by atoms with Crippen LogP contribution >= 0.6 is 0 Å². The Labute approximate surface area is 99.0 Å². The minimum Gasteiger partial charge on any atom is -0.479 e. The van der Waals surface area contributed by atoms with E-state index in [-0.39, 0.29) is 25.1 Å². The number of urea groups is 1. The first-order valence-electron chi connectivity index (χ1n) is 5.53. The molecule has 1 fully saturated rings. The van der Waals surface area contributed by atoms with Crippen molar-refractivity contribution in [1.29, 1.82) is 0 Å². The smallest absolute Gasteiger partial charge is 0.334 e. The molecular formula is C10H18N2O5. The second kappa shape index (κ2) is 5.83. The number of nitrogens with one attached hydrogen (secondary N) is 1. The van der Waals surface area contributed by atoms with Crippen LogP contribution in [0.2, 0.25) is 0 Å². The Hall–Kier alpha value is -1.34. The Kier molecular flexibility index (Phi) is 4.71. The van der Waals surface area contributed by atoms with Crippen molar-refractivity contribution in [2.24, 2.45) is 5.92 Å². The fourth-order valence-corrected chi connectivity index (χ4v) is 1.91. The normalized spacial score (nSPS) is 25.7. The van der Waals surface area contributed by atoms with E-state index in [1.54, 1.807) is 0 Å². The highest BCUT2D eigenvalue weighted by Gasteiger charge is 2.34. The van der Waals surface area contributed by atoms with Gasteiger partial charge in [0.2, 0.25) is 0 Å². The highest BCUT2D eigenvalue weighted by atomic mass is 16.4. The number of nitrogens with zero attached hydrogens (tertiary/aromatic N) is 1. The van der Waals surface area contributed by atoms with Crippen LogP contribution in [-0.4, -0.2) is 64.1 Å². The van der Waals surface area contributed by atoms with Crippen LogP contribution in [0.4, 0.5) is 4.79 Å². The molecule has 1 aliphatic rings. The SMILES string of the molecule is CC1CCN(C(=O)NC[C@H](O)C(=O)O)C1CO.